The molecule has 3 rings (SSSR count). The molecule has 1 heterocycles. The topological polar surface area (TPSA) is 78.5 Å². The van der Waals surface area contributed by atoms with Crippen LogP contribution < -0.4 is 14.9 Å². The number of aryl methyl sites for hydroxylation is 1. The first-order valence-electron chi connectivity index (χ1n) is 9.29. The number of hydrogen-bond acceptors (Lipinski definition) is 5. The molecule has 1 amide bonds. The van der Waals surface area contributed by atoms with Crippen LogP contribution in [0.5, 0.6) is 0 Å². The molecule has 28 heavy (non-hydrogen) atoms. The number of amides is 1. The van der Waals surface area contributed by atoms with E-state index >= 15 is 0 Å². The van der Waals surface area contributed by atoms with Crippen molar-refractivity contribution in [1.29, 1.82) is 0 Å². The van der Waals surface area contributed by atoms with Gasteiger partial charge in [-0.2, -0.15) is 0 Å². The maximum Gasteiger partial charge on any atom is 0.261 e. The molecule has 0 unspecified atom stereocenters. The highest BCUT2D eigenvalue weighted by molar-refractivity contribution is 7.99. The highest BCUT2D eigenvalue weighted by Gasteiger charge is 2.20. The summed E-state index contributed by atoms with van der Waals surface area (Å²) in [5.41, 5.74) is 3.01. The van der Waals surface area contributed by atoms with Crippen molar-refractivity contribution in [2.45, 2.75) is 37.0 Å². The summed E-state index contributed by atoms with van der Waals surface area (Å²) in [5, 5.41) is 2.79. The summed E-state index contributed by atoms with van der Waals surface area (Å²) in [6.07, 6.45) is 0.414. The Hall–Kier alpha value is -2.19. The van der Waals surface area contributed by atoms with Gasteiger partial charge in [0.2, 0.25) is 5.91 Å². The zero-order valence-electron chi connectivity index (χ0n) is 16.3. The summed E-state index contributed by atoms with van der Waals surface area (Å²) in [6, 6.07) is 10.5. The van der Waals surface area contributed by atoms with Crippen LogP contribution in [0, 0.1) is 6.92 Å². The van der Waals surface area contributed by atoms with E-state index in [9.17, 15) is 13.2 Å². The average Bonchev–Trinajstić information content (AvgIpc) is 2.84. The minimum absolute atomic E-state index is 0.100. The first-order valence-corrected chi connectivity index (χ1v) is 11.8. The van der Waals surface area contributed by atoms with Gasteiger partial charge in [-0.05, 0) is 62.7 Å². The summed E-state index contributed by atoms with van der Waals surface area (Å²) in [4.78, 5) is 15.0. The Morgan fingerprint density at radius 2 is 1.89 bits per heavy atom. The van der Waals surface area contributed by atoms with Gasteiger partial charge in [0.1, 0.15) is 0 Å². The van der Waals surface area contributed by atoms with E-state index in [0.717, 1.165) is 29.2 Å². The lowest BCUT2D eigenvalue weighted by Gasteiger charge is -2.22. The monoisotopic (exact) mass is 419 g/mol. The Kier molecular flexibility index (Phi) is 6.20. The van der Waals surface area contributed by atoms with E-state index in [1.807, 2.05) is 19.1 Å². The number of rotatable bonds is 6. The number of sulfonamides is 1. The number of nitrogens with zero attached hydrogens (tertiary/aromatic N) is 1. The number of anilines is 3. The molecule has 1 aliphatic rings. The minimum atomic E-state index is -3.77. The van der Waals surface area contributed by atoms with Gasteiger partial charge in [0.15, 0.2) is 0 Å². The van der Waals surface area contributed by atoms with Crippen LogP contribution in [0.4, 0.5) is 17.1 Å². The molecule has 1 aliphatic heterocycles. The van der Waals surface area contributed by atoms with Gasteiger partial charge in [-0.25, -0.2) is 8.42 Å². The first kappa shape index (κ1) is 20.5. The SMILES string of the molecule is CCN(CC)c1ccc(NS(=O)(=O)c2ccc3c(c2)NC(=O)CCS3)c(C)c1. The molecule has 2 aromatic carbocycles. The molecule has 0 spiro atoms. The Labute approximate surface area is 170 Å². The third-order valence-electron chi connectivity index (χ3n) is 4.71. The van der Waals surface area contributed by atoms with Crippen molar-refractivity contribution in [2.24, 2.45) is 0 Å². The molecule has 2 N–H and O–H groups in total. The average molecular weight is 420 g/mol. The van der Waals surface area contributed by atoms with Crippen LogP contribution in [0.3, 0.4) is 0 Å². The van der Waals surface area contributed by atoms with E-state index in [0.29, 0.717) is 23.5 Å². The summed E-state index contributed by atoms with van der Waals surface area (Å²) in [7, 11) is -3.77. The van der Waals surface area contributed by atoms with Crippen LogP contribution in [0.15, 0.2) is 46.2 Å². The highest BCUT2D eigenvalue weighted by atomic mass is 32.2. The molecular weight excluding hydrogens is 394 g/mol. The van der Waals surface area contributed by atoms with Crippen molar-refractivity contribution < 1.29 is 13.2 Å². The minimum Gasteiger partial charge on any atom is -0.372 e. The number of hydrogen-bond donors (Lipinski definition) is 2. The molecule has 0 radical (unpaired) electrons. The van der Waals surface area contributed by atoms with Gasteiger partial charge in [0.25, 0.3) is 10.0 Å². The second kappa shape index (κ2) is 8.45. The molecule has 0 aromatic heterocycles. The third-order valence-corrected chi connectivity index (χ3v) is 7.14. The standard InChI is InChI=1S/C20H25N3O3S2/c1-4-23(5-2)15-6-8-17(14(3)12-15)22-28(25,26)16-7-9-19-18(13-16)21-20(24)10-11-27-19/h6-9,12-13,22H,4-5,10-11H2,1-3H3,(H,21,24). The predicted octanol–water partition coefficient (Wildman–Crippen LogP) is 4.08. The van der Waals surface area contributed by atoms with E-state index in [1.54, 1.807) is 30.0 Å². The fourth-order valence-corrected chi connectivity index (χ4v) is 5.21. The van der Waals surface area contributed by atoms with Crippen LogP contribution in [-0.2, 0) is 14.8 Å². The molecule has 2 aromatic rings. The molecule has 0 aliphatic carbocycles. The van der Waals surface area contributed by atoms with Gasteiger partial charge < -0.3 is 10.2 Å². The van der Waals surface area contributed by atoms with Gasteiger partial charge in [0, 0.05) is 35.8 Å². The fraction of sp³-hybridized carbons (Fsp3) is 0.350. The normalized spacial score (nSPS) is 14.0. The van der Waals surface area contributed by atoms with E-state index in [4.69, 9.17) is 0 Å². The fourth-order valence-electron chi connectivity index (χ4n) is 3.12. The Bertz CT molecular complexity index is 986. The molecule has 0 atom stereocenters. The molecule has 150 valence electrons. The van der Waals surface area contributed by atoms with Crippen LogP contribution in [0.25, 0.3) is 0 Å². The van der Waals surface area contributed by atoms with Gasteiger partial charge in [-0.15, -0.1) is 11.8 Å². The molecule has 0 fully saturated rings. The van der Waals surface area contributed by atoms with Crippen molar-refractivity contribution in [1.82, 2.24) is 0 Å². The van der Waals surface area contributed by atoms with Crippen molar-refractivity contribution in [3.63, 3.8) is 0 Å². The molecule has 0 bridgehead atoms. The van der Waals surface area contributed by atoms with Crippen molar-refractivity contribution in [3.05, 3.63) is 42.0 Å². The van der Waals surface area contributed by atoms with Crippen LogP contribution in [-0.4, -0.2) is 33.2 Å². The lowest BCUT2D eigenvalue weighted by molar-refractivity contribution is -0.115. The van der Waals surface area contributed by atoms with Gasteiger partial charge in [-0.1, -0.05) is 0 Å². The predicted molar refractivity (Wildman–Crippen MR) is 116 cm³/mol. The first-order chi connectivity index (χ1) is 13.3. The summed E-state index contributed by atoms with van der Waals surface area (Å²) >= 11 is 1.54. The van der Waals surface area contributed by atoms with Crippen molar-refractivity contribution in [3.8, 4) is 0 Å². The number of thioether (sulfide) groups is 1. The van der Waals surface area contributed by atoms with Crippen molar-refractivity contribution in [2.75, 3.05) is 33.8 Å². The number of carbonyl (C=O) groups excluding carboxylic acids is 1. The van der Waals surface area contributed by atoms with Crippen LogP contribution >= 0.6 is 11.8 Å². The van der Waals surface area contributed by atoms with E-state index in [-0.39, 0.29) is 10.8 Å². The van der Waals surface area contributed by atoms with Gasteiger partial charge >= 0.3 is 0 Å². The number of carbonyl (C=O) groups is 1. The summed E-state index contributed by atoms with van der Waals surface area (Å²) in [6.45, 7) is 7.84. The lowest BCUT2D eigenvalue weighted by atomic mass is 10.1. The lowest BCUT2D eigenvalue weighted by Crippen LogP contribution is -2.22. The summed E-state index contributed by atoms with van der Waals surface area (Å²) < 4.78 is 28.5. The molecular formula is C20H25N3O3S2. The van der Waals surface area contributed by atoms with E-state index in [2.05, 4.69) is 28.8 Å². The number of benzene rings is 2. The Morgan fingerprint density at radius 3 is 2.57 bits per heavy atom. The smallest absolute Gasteiger partial charge is 0.261 e. The van der Waals surface area contributed by atoms with E-state index in [1.165, 1.54) is 6.07 Å². The summed E-state index contributed by atoms with van der Waals surface area (Å²) in [5.74, 6) is 0.581. The van der Waals surface area contributed by atoms with Gasteiger partial charge in [0.05, 0.1) is 16.3 Å². The highest BCUT2D eigenvalue weighted by Crippen LogP contribution is 2.33. The molecule has 0 saturated carbocycles. The molecule has 0 saturated heterocycles. The molecule has 6 nitrogen and oxygen atoms in total. The number of nitrogens with one attached hydrogen (secondary N) is 2. The van der Waals surface area contributed by atoms with Crippen molar-refractivity contribution >= 4 is 44.8 Å². The third kappa shape index (κ3) is 4.44. The van der Waals surface area contributed by atoms with Crippen LogP contribution in [0.1, 0.15) is 25.8 Å². The van der Waals surface area contributed by atoms with Gasteiger partial charge in [-0.3, -0.25) is 9.52 Å². The quantitative estimate of drug-likeness (QED) is 0.738. The maximum atomic E-state index is 12.9. The molecule has 8 heteroatoms. The number of fused-ring (bicyclic) bond motifs is 1. The second-order valence-electron chi connectivity index (χ2n) is 6.58. The zero-order chi connectivity index (χ0) is 20.3. The second-order valence-corrected chi connectivity index (χ2v) is 9.40. The van der Waals surface area contributed by atoms with E-state index < -0.39 is 10.0 Å². The van der Waals surface area contributed by atoms with Crippen LogP contribution in [0.2, 0.25) is 0 Å². The largest absolute Gasteiger partial charge is 0.372 e. The maximum absolute atomic E-state index is 12.9. The Morgan fingerprint density at radius 1 is 1.14 bits per heavy atom. The Balaban J connectivity index is 1.87. The zero-order valence-corrected chi connectivity index (χ0v) is 17.9.